The van der Waals surface area contributed by atoms with Crippen molar-refractivity contribution < 1.29 is 9.53 Å². The van der Waals surface area contributed by atoms with Crippen LogP contribution in [0.5, 0.6) is 5.75 Å². The Bertz CT molecular complexity index is 1090. The van der Waals surface area contributed by atoms with Gasteiger partial charge in [0, 0.05) is 38.4 Å². The molecule has 6 heteroatoms. The van der Waals surface area contributed by atoms with Gasteiger partial charge < -0.3 is 19.9 Å². The molecule has 176 valence electrons. The SMILES string of the molecule is COc1ccc(N2CCN(CCCN3c4ccccc4C(=O)NC3c3ccccc3)CC2)cc1. The highest BCUT2D eigenvalue weighted by Crippen LogP contribution is 2.33. The number of anilines is 2. The van der Waals surface area contributed by atoms with Crippen LogP contribution < -0.4 is 19.9 Å². The number of hydrogen-bond donors (Lipinski definition) is 1. The van der Waals surface area contributed by atoms with Crippen LogP contribution in [0.2, 0.25) is 0 Å². The van der Waals surface area contributed by atoms with Gasteiger partial charge in [-0.3, -0.25) is 9.69 Å². The summed E-state index contributed by atoms with van der Waals surface area (Å²) in [6.07, 6.45) is 0.895. The molecule has 1 N–H and O–H groups in total. The first-order valence-electron chi connectivity index (χ1n) is 12.1. The second kappa shape index (κ2) is 10.2. The zero-order valence-corrected chi connectivity index (χ0v) is 19.7. The molecule has 0 saturated carbocycles. The molecular formula is C28H32N4O2. The van der Waals surface area contributed by atoms with E-state index in [1.807, 2.05) is 48.5 Å². The van der Waals surface area contributed by atoms with E-state index in [0.29, 0.717) is 0 Å². The van der Waals surface area contributed by atoms with Crippen LogP contribution in [0.3, 0.4) is 0 Å². The van der Waals surface area contributed by atoms with Gasteiger partial charge in [-0.1, -0.05) is 42.5 Å². The van der Waals surface area contributed by atoms with Crippen LogP contribution in [-0.2, 0) is 0 Å². The fourth-order valence-electron chi connectivity index (χ4n) is 4.97. The van der Waals surface area contributed by atoms with Crippen molar-refractivity contribution in [1.29, 1.82) is 0 Å². The number of methoxy groups -OCH3 is 1. The molecule has 2 aliphatic heterocycles. The van der Waals surface area contributed by atoms with Crippen molar-refractivity contribution in [2.45, 2.75) is 12.6 Å². The minimum absolute atomic E-state index is 0.00430. The first-order chi connectivity index (χ1) is 16.7. The summed E-state index contributed by atoms with van der Waals surface area (Å²) in [5, 5.41) is 3.22. The van der Waals surface area contributed by atoms with Gasteiger partial charge in [0.25, 0.3) is 5.91 Å². The van der Waals surface area contributed by atoms with Gasteiger partial charge >= 0.3 is 0 Å². The van der Waals surface area contributed by atoms with Gasteiger partial charge in [-0.25, -0.2) is 0 Å². The Morgan fingerprint density at radius 1 is 0.853 bits per heavy atom. The largest absolute Gasteiger partial charge is 0.497 e. The Hall–Kier alpha value is -3.51. The molecular weight excluding hydrogens is 424 g/mol. The van der Waals surface area contributed by atoms with E-state index in [2.05, 4.69) is 50.3 Å². The van der Waals surface area contributed by atoms with E-state index in [9.17, 15) is 4.79 Å². The predicted molar refractivity (Wildman–Crippen MR) is 137 cm³/mol. The first kappa shape index (κ1) is 22.3. The van der Waals surface area contributed by atoms with Crippen LogP contribution in [-0.4, -0.2) is 57.2 Å². The van der Waals surface area contributed by atoms with E-state index in [1.54, 1.807) is 7.11 Å². The molecule has 34 heavy (non-hydrogen) atoms. The van der Waals surface area contributed by atoms with Gasteiger partial charge in [0.1, 0.15) is 11.9 Å². The molecule has 0 spiro atoms. The number of rotatable bonds is 7. The quantitative estimate of drug-likeness (QED) is 0.579. The molecule has 2 aliphatic rings. The number of piperazine rings is 1. The van der Waals surface area contributed by atoms with Crippen molar-refractivity contribution in [3.8, 4) is 5.75 Å². The van der Waals surface area contributed by atoms with Gasteiger partial charge in [-0.15, -0.1) is 0 Å². The van der Waals surface area contributed by atoms with Crippen molar-refractivity contribution >= 4 is 17.3 Å². The van der Waals surface area contributed by atoms with E-state index in [-0.39, 0.29) is 12.1 Å². The lowest BCUT2D eigenvalue weighted by molar-refractivity contribution is 0.0926. The Morgan fingerprint density at radius 3 is 2.29 bits per heavy atom. The van der Waals surface area contributed by atoms with Crippen molar-refractivity contribution in [2.24, 2.45) is 0 Å². The van der Waals surface area contributed by atoms with Crippen LogP contribution in [0.15, 0.2) is 78.9 Å². The van der Waals surface area contributed by atoms with Crippen LogP contribution in [0, 0.1) is 0 Å². The van der Waals surface area contributed by atoms with Gasteiger partial charge in [-0.05, 0) is 54.9 Å². The Kier molecular flexibility index (Phi) is 6.67. The zero-order valence-electron chi connectivity index (χ0n) is 19.7. The van der Waals surface area contributed by atoms with E-state index in [0.717, 1.165) is 68.3 Å². The lowest BCUT2D eigenvalue weighted by Gasteiger charge is -2.40. The number of amides is 1. The Labute approximate surface area is 201 Å². The highest BCUT2D eigenvalue weighted by Gasteiger charge is 2.31. The minimum atomic E-state index is -0.143. The molecule has 1 saturated heterocycles. The standard InChI is InChI=1S/C28H32N4O2/c1-34-24-14-12-23(13-15-24)31-20-18-30(19-21-31)16-7-17-32-26-11-6-5-10-25(26)28(33)29-27(32)22-8-3-2-4-9-22/h2-6,8-15,27H,7,16-21H2,1H3,(H,29,33). The summed E-state index contributed by atoms with van der Waals surface area (Å²) in [5.74, 6) is 0.891. The van der Waals surface area contributed by atoms with Gasteiger partial charge in [-0.2, -0.15) is 0 Å². The maximum atomic E-state index is 12.8. The number of ether oxygens (including phenoxy) is 1. The number of nitrogens with zero attached hydrogens (tertiary/aromatic N) is 3. The summed E-state index contributed by atoms with van der Waals surface area (Å²) in [4.78, 5) is 20.1. The molecule has 5 rings (SSSR count). The van der Waals surface area contributed by atoms with Crippen LogP contribution in [0.25, 0.3) is 0 Å². The summed E-state index contributed by atoms with van der Waals surface area (Å²) in [7, 11) is 1.70. The van der Waals surface area contributed by atoms with Gasteiger partial charge in [0.15, 0.2) is 0 Å². The molecule has 2 heterocycles. The summed E-state index contributed by atoms with van der Waals surface area (Å²) < 4.78 is 5.28. The summed E-state index contributed by atoms with van der Waals surface area (Å²) in [6, 6.07) is 26.5. The number of fused-ring (bicyclic) bond motifs is 1. The zero-order chi connectivity index (χ0) is 23.3. The number of para-hydroxylation sites is 1. The van der Waals surface area contributed by atoms with E-state index >= 15 is 0 Å². The monoisotopic (exact) mass is 456 g/mol. The smallest absolute Gasteiger partial charge is 0.255 e. The van der Waals surface area contributed by atoms with Gasteiger partial charge in [0.05, 0.1) is 18.4 Å². The molecule has 1 amide bonds. The third kappa shape index (κ3) is 4.73. The van der Waals surface area contributed by atoms with Crippen LogP contribution >= 0.6 is 0 Å². The molecule has 1 atom stereocenters. The molecule has 1 fully saturated rings. The lowest BCUT2D eigenvalue weighted by atomic mass is 10.0. The number of carbonyl (C=O) groups is 1. The molecule has 3 aromatic rings. The van der Waals surface area contributed by atoms with Crippen molar-refractivity contribution in [3.05, 3.63) is 90.0 Å². The molecule has 0 radical (unpaired) electrons. The molecule has 1 unspecified atom stereocenters. The molecule has 0 aromatic heterocycles. The number of nitrogens with one attached hydrogen (secondary N) is 1. The highest BCUT2D eigenvalue weighted by atomic mass is 16.5. The minimum Gasteiger partial charge on any atom is -0.497 e. The maximum absolute atomic E-state index is 12.8. The second-order valence-corrected chi connectivity index (χ2v) is 8.88. The average Bonchev–Trinajstić information content (AvgIpc) is 2.91. The molecule has 0 bridgehead atoms. The Balaban J connectivity index is 1.20. The lowest BCUT2D eigenvalue weighted by Crippen LogP contribution is -2.49. The predicted octanol–water partition coefficient (Wildman–Crippen LogP) is 4.16. The van der Waals surface area contributed by atoms with Crippen molar-refractivity contribution in [1.82, 2.24) is 10.2 Å². The fourth-order valence-corrected chi connectivity index (χ4v) is 4.97. The maximum Gasteiger partial charge on any atom is 0.255 e. The summed E-state index contributed by atoms with van der Waals surface area (Å²) in [5.41, 5.74) is 4.14. The van der Waals surface area contributed by atoms with E-state index in [1.165, 1.54) is 5.69 Å². The van der Waals surface area contributed by atoms with E-state index < -0.39 is 0 Å². The molecule has 3 aromatic carbocycles. The molecule has 6 nitrogen and oxygen atoms in total. The fraction of sp³-hybridized carbons (Fsp3) is 0.321. The normalized spacial score (nSPS) is 18.4. The third-order valence-corrected chi connectivity index (χ3v) is 6.84. The topological polar surface area (TPSA) is 48.1 Å². The number of carbonyl (C=O) groups excluding carboxylic acids is 1. The Morgan fingerprint density at radius 2 is 1.56 bits per heavy atom. The summed E-state index contributed by atoms with van der Waals surface area (Å²) >= 11 is 0. The van der Waals surface area contributed by atoms with Crippen molar-refractivity contribution in [3.63, 3.8) is 0 Å². The van der Waals surface area contributed by atoms with Crippen molar-refractivity contribution in [2.75, 3.05) is 56.2 Å². The third-order valence-electron chi connectivity index (χ3n) is 6.84. The van der Waals surface area contributed by atoms with Crippen LogP contribution in [0.4, 0.5) is 11.4 Å². The number of benzene rings is 3. The first-order valence-corrected chi connectivity index (χ1v) is 12.1. The van der Waals surface area contributed by atoms with Crippen LogP contribution in [0.1, 0.15) is 28.5 Å². The molecule has 0 aliphatic carbocycles. The number of hydrogen-bond acceptors (Lipinski definition) is 5. The second-order valence-electron chi connectivity index (χ2n) is 8.88. The van der Waals surface area contributed by atoms with E-state index in [4.69, 9.17) is 4.74 Å². The summed E-state index contributed by atoms with van der Waals surface area (Å²) in [6.45, 7) is 6.10. The average molecular weight is 457 g/mol. The highest BCUT2D eigenvalue weighted by molar-refractivity contribution is 6.02. The van der Waals surface area contributed by atoms with Gasteiger partial charge in [0.2, 0.25) is 0 Å².